The zero-order valence-electron chi connectivity index (χ0n) is 24.2. The number of benzene rings is 4. The molecule has 2 unspecified atom stereocenters. The highest BCUT2D eigenvalue weighted by Gasteiger charge is 2.48. The molecule has 0 fully saturated rings. The van der Waals surface area contributed by atoms with E-state index in [-0.39, 0.29) is 17.3 Å². The van der Waals surface area contributed by atoms with Crippen LogP contribution < -0.4 is 0 Å². The maximum Gasteiger partial charge on any atom is 0.0162 e. The normalized spacial score (nSPS) is 18.3. The molecule has 0 amide bonds. The number of rotatable bonds is 6. The van der Waals surface area contributed by atoms with Gasteiger partial charge in [-0.1, -0.05) is 139 Å². The first-order chi connectivity index (χ1) is 18.8. The van der Waals surface area contributed by atoms with Crippen molar-refractivity contribution in [1.82, 2.24) is 0 Å². The van der Waals surface area contributed by atoms with Crippen LogP contribution in [0.5, 0.6) is 0 Å². The molecule has 0 aliphatic heterocycles. The second-order valence-corrected chi connectivity index (χ2v) is 12.6. The summed E-state index contributed by atoms with van der Waals surface area (Å²) >= 11 is 0. The van der Waals surface area contributed by atoms with Gasteiger partial charge in [0.05, 0.1) is 0 Å². The molecule has 39 heavy (non-hydrogen) atoms. The highest BCUT2D eigenvalue weighted by molar-refractivity contribution is 5.96. The van der Waals surface area contributed by atoms with Crippen molar-refractivity contribution in [3.8, 4) is 0 Å². The Hall–Kier alpha value is -3.64. The van der Waals surface area contributed by atoms with Gasteiger partial charge < -0.3 is 0 Å². The third kappa shape index (κ3) is 4.22. The van der Waals surface area contributed by atoms with Crippen LogP contribution >= 0.6 is 0 Å². The van der Waals surface area contributed by atoms with E-state index in [0.717, 1.165) is 0 Å². The predicted octanol–water partition coefficient (Wildman–Crippen LogP) is 10.9. The second kappa shape index (κ2) is 9.83. The van der Waals surface area contributed by atoms with Crippen molar-refractivity contribution in [3.05, 3.63) is 142 Å². The molecule has 4 aromatic carbocycles. The van der Waals surface area contributed by atoms with Crippen molar-refractivity contribution in [2.75, 3.05) is 0 Å². The van der Waals surface area contributed by atoms with E-state index >= 15 is 0 Å². The summed E-state index contributed by atoms with van der Waals surface area (Å²) in [5.41, 5.74) is 14.2. The Kier molecular flexibility index (Phi) is 6.46. The molecule has 2 atom stereocenters. The van der Waals surface area contributed by atoms with E-state index in [9.17, 15) is 0 Å². The lowest BCUT2D eigenvalue weighted by molar-refractivity contribution is 0.304. The third-order valence-corrected chi connectivity index (χ3v) is 9.14. The van der Waals surface area contributed by atoms with Gasteiger partial charge in [-0.2, -0.15) is 0 Å². The summed E-state index contributed by atoms with van der Waals surface area (Å²) in [6.45, 7) is 14.3. The summed E-state index contributed by atoms with van der Waals surface area (Å²) in [5, 5.41) is 0. The zero-order chi connectivity index (χ0) is 27.3. The Morgan fingerprint density at radius 1 is 0.487 bits per heavy atom. The molecule has 0 saturated carbocycles. The first-order valence-electron chi connectivity index (χ1n) is 14.6. The fraction of sp³-hybridized carbons (Fsp3) is 0.282. The van der Waals surface area contributed by atoms with Crippen LogP contribution in [0.3, 0.4) is 0 Å². The van der Waals surface area contributed by atoms with Crippen LogP contribution in [-0.2, 0) is 0 Å². The SMILES string of the molecule is CC(C)c1cccc2c1C=C(c1ccccc1)C2C(C)(C)C1C(c2ccccc2)=Cc2c(C(C)C)cccc21. The zero-order valence-corrected chi connectivity index (χ0v) is 24.2. The Morgan fingerprint density at radius 3 is 1.23 bits per heavy atom. The molecule has 0 radical (unpaired) electrons. The van der Waals surface area contributed by atoms with Crippen molar-refractivity contribution >= 4 is 23.3 Å². The van der Waals surface area contributed by atoms with Gasteiger partial charge in [0, 0.05) is 11.8 Å². The van der Waals surface area contributed by atoms with Gasteiger partial charge in [-0.15, -0.1) is 0 Å². The minimum atomic E-state index is -0.0783. The molecule has 0 saturated heterocycles. The Labute approximate surface area is 235 Å². The van der Waals surface area contributed by atoms with E-state index in [1.165, 1.54) is 55.7 Å². The van der Waals surface area contributed by atoms with Gasteiger partial charge in [0.25, 0.3) is 0 Å². The topological polar surface area (TPSA) is 0 Å². The van der Waals surface area contributed by atoms with Crippen LogP contribution in [0.4, 0.5) is 0 Å². The minimum absolute atomic E-state index is 0.0783. The molecule has 4 aromatic rings. The predicted molar refractivity (Wildman–Crippen MR) is 169 cm³/mol. The second-order valence-electron chi connectivity index (χ2n) is 12.6. The summed E-state index contributed by atoms with van der Waals surface area (Å²) in [5.74, 6) is 1.52. The maximum atomic E-state index is 2.52. The molecule has 6 rings (SSSR count). The minimum Gasteiger partial charge on any atom is -0.0622 e. The quantitative estimate of drug-likeness (QED) is 0.243. The lowest BCUT2D eigenvalue weighted by atomic mass is 9.61. The van der Waals surface area contributed by atoms with Crippen molar-refractivity contribution in [2.45, 2.75) is 65.2 Å². The number of hydrogen-bond donors (Lipinski definition) is 0. The van der Waals surface area contributed by atoms with Crippen molar-refractivity contribution in [3.63, 3.8) is 0 Å². The van der Waals surface area contributed by atoms with Gasteiger partial charge in [-0.05, 0) is 85.1 Å². The Morgan fingerprint density at radius 2 is 0.872 bits per heavy atom. The summed E-state index contributed by atoms with van der Waals surface area (Å²) in [4.78, 5) is 0. The number of fused-ring (bicyclic) bond motifs is 2. The van der Waals surface area contributed by atoms with Crippen LogP contribution in [0.25, 0.3) is 23.3 Å². The van der Waals surface area contributed by atoms with Gasteiger partial charge >= 0.3 is 0 Å². The molecule has 0 aromatic heterocycles. The smallest absolute Gasteiger partial charge is 0.0162 e. The number of allylic oxidation sites excluding steroid dienone is 2. The summed E-state index contributed by atoms with van der Waals surface area (Å²) in [7, 11) is 0. The van der Waals surface area contributed by atoms with Crippen LogP contribution in [0.2, 0.25) is 0 Å². The van der Waals surface area contributed by atoms with Crippen LogP contribution in [0.1, 0.15) is 110 Å². The summed E-state index contributed by atoms with van der Waals surface area (Å²) in [6.07, 6.45) is 5.03. The van der Waals surface area contributed by atoms with Gasteiger partial charge in [0.1, 0.15) is 0 Å². The lowest BCUT2D eigenvalue weighted by Gasteiger charge is -2.42. The molecule has 0 heteroatoms. The van der Waals surface area contributed by atoms with Gasteiger partial charge in [-0.25, -0.2) is 0 Å². The van der Waals surface area contributed by atoms with Gasteiger partial charge in [-0.3, -0.25) is 0 Å². The fourth-order valence-corrected chi connectivity index (χ4v) is 7.39. The molecule has 0 bridgehead atoms. The van der Waals surface area contributed by atoms with Crippen molar-refractivity contribution in [1.29, 1.82) is 0 Å². The van der Waals surface area contributed by atoms with E-state index in [2.05, 4.69) is 151 Å². The van der Waals surface area contributed by atoms with E-state index in [1.807, 2.05) is 0 Å². The first kappa shape index (κ1) is 25.6. The van der Waals surface area contributed by atoms with E-state index in [4.69, 9.17) is 0 Å². The van der Waals surface area contributed by atoms with E-state index in [1.54, 1.807) is 0 Å². The molecule has 0 spiro atoms. The Bertz CT molecular complexity index is 1440. The van der Waals surface area contributed by atoms with Gasteiger partial charge in [0.2, 0.25) is 0 Å². The average molecular weight is 509 g/mol. The average Bonchev–Trinajstić information content (AvgIpc) is 3.54. The summed E-state index contributed by atoms with van der Waals surface area (Å²) in [6, 6.07) is 36.2. The standard InChI is InChI=1S/C39H40/c1-25(2)29-19-13-21-31-35(29)23-33(27-15-9-7-10-16-27)37(31)39(5,6)38-32-22-14-20-30(26(3)4)36(32)24-34(38)28-17-11-8-12-18-28/h7-26,37-38H,1-6H3. The van der Waals surface area contributed by atoms with Crippen LogP contribution in [0.15, 0.2) is 97.1 Å². The molecular formula is C39H40. The Balaban J connectivity index is 1.59. The highest BCUT2D eigenvalue weighted by atomic mass is 14.5. The first-order valence-corrected chi connectivity index (χ1v) is 14.6. The van der Waals surface area contributed by atoms with E-state index < -0.39 is 0 Å². The molecule has 2 aliphatic carbocycles. The highest BCUT2D eigenvalue weighted by Crippen LogP contribution is 2.62. The van der Waals surface area contributed by atoms with Crippen LogP contribution in [-0.4, -0.2) is 0 Å². The van der Waals surface area contributed by atoms with Crippen molar-refractivity contribution in [2.24, 2.45) is 5.41 Å². The molecule has 0 heterocycles. The molecular weight excluding hydrogens is 468 g/mol. The maximum absolute atomic E-state index is 2.52. The van der Waals surface area contributed by atoms with Crippen molar-refractivity contribution < 1.29 is 0 Å². The molecule has 0 nitrogen and oxygen atoms in total. The fourth-order valence-electron chi connectivity index (χ4n) is 7.39. The molecule has 0 N–H and O–H groups in total. The van der Waals surface area contributed by atoms with Gasteiger partial charge in [0.15, 0.2) is 0 Å². The van der Waals surface area contributed by atoms with E-state index in [0.29, 0.717) is 11.8 Å². The molecule has 196 valence electrons. The number of hydrogen-bond acceptors (Lipinski definition) is 0. The lowest BCUT2D eigenvalue weighted by Crippen LogP contribution is -2.30. The molecule has 2 aliphatic rings. The largest absolute Gasteiger partial charge is 0.0622 e. The monoisotopic (exact) mass is 508 g/mol. The van der Waals surface area contributed by atoms with Crippen LogP contribution in [0, 0.1) is 5.41 Å². The third-order valence-electron chi connectivity index (χ3n) is 9.14. The summed E-state index contributed by atoms with van der Waals surface area (Å²) < 4.78 is 0.